The van der Waals surface area contributed by atoms with E-state index in [1.54, 1.807) is 13.0 Å². The van der Waals surface area contributed by atoms with Crippen LogP contribution in [0.5, 0.6) is 0 Å². The molecule has 1 aromatic heterocycles. The van der Waals surface area contributed by atoms with Gasteiger partial charge in [0.05, 0.1) is 12.9 Å². The standard InChI is InChI=1S/C13H18N2O4/c1-9(15-12(18)10-3-2-6-19-10)11(17)14-7-13(8-16)4-5-13/h2-3,6,9,16H,4-5,7-8H2,1H3,(H,14,17)(H,15,18). The molecule has 1 unspecified atom stereocenters. The molecule has 0 bridgehead atoms. The number of hydrogen-bond donors (Lipinski definition) is 3. The Morgan fingerprint density at radius 2 is 2.26 bits per heavy atom. The minimum absolute atomic E-state index is 0.0837. The fraction of sp³-hybridized carbons (Fsp3) is 0.538. The summed E-state index contributed by atoms with van der Waals surface area (Å²) >= 11 is 0. The van der Waals surface area contributed by atoms with Crippen LogP contribution in [0.2, 0.25) is 0 Å². The Hall–Kier alpha value is -1.82. The second-order valence-corrected chi connectivity index (χ2v) is 5.05. The molecule has 1 aliphatic carbocycles. The lowest BCUT2D eigenvalue weighted by molar-refractivity contribution is -0.122. The highest BCUT2D eigenvalue weighted by Gasteiger charge is 2.42. The van der Waals surface area contributed by atoms with E-state index in [1.165, 1.54) is 12.3 Å². The monoisotopic (exact) mass is 266 g/mol. The van der Waals surface area contributed by atoms with Crippen LogP contribution in [0.3, 0.4) is 0 Å². The molecule has 0 radical (unpaired) electrons. The van der Waals surface area contributed by atoms with Crippen LogP contribution in [0, 0.1) is 5.41 Å². The molecule has 2 amide bonds. The molecule has 1 aromatic rings. The number of amides is 2. The van der Waals surface area contributed by atoms with Crippen molar-refractivity contribution in [3.05, 3.63) is 24.2 Å². The van der Waals surface area contributed by atoms with Crippen molar-refractivity contribution in [2.75, 3.05) is 13.2 Å². The molecule has 6 heteroatoms. The smallest absolute Gasteiger partial charge is 0.287 e. The van der Waals surface area contributed by atoms with Gasteiger partial charge in [-0.15, -0.1) is 0 Å². The third-order valence-electron chi connectivity index (χ3n) is 3.42. The van der Waals surface area contributed by atoms with Gasteiger partial charge in [-0.1, -0.05) is 0 Å². The van der Waals surface area contributed by atoms with Crippen LogP contribution in [-0.2, 0) is 4.79 Å². The molecule has 0 spiro atoms. The third-order valence-corrected chi connectivity index (χ3v) is 3.42. The fourth-order valence-corrected chi connectivity index (χ4v) is 1.74. The van der Waals surface area contributed by atoms with E-state index in [1.807, 2.05) is 0 Å². The topological polar surface area (TPSA) is 91.6 Å². The van der Waals surface area contributed by atoms with Crippen LogP contribution < -0.4 is 10.6 Å². The van der Waals surface area contributed by atoms with Crippen molar-refractivity contribution in [3.8, 4) is 0 Å². The van der Waals surface area contributed by atoms with Crippen LogP contribution in [0.4, 0.5) is 0 Å². The third kappa shape index (κ3) is 3.35. The molecule has 1 aliphatic rings. The number of aliphatic hydroxyl groups excluding tert-OH is 1. The Labute approximate surface area is 111 Å². The van der Waals surface area contributed by atoms with Gasteiger partial charge in [-0.2, -0.15) is 0 Å². The second kappa shape index (κ2) is 5.44. The van der Waals surface area contributed by atoms with E-state index in [4.69, 9.17) is 9.52 Å². The van der Waals surface area contributed by atoms with E-state index in [0.717, 1.165) is 12.8 Å². The van der Waals surface area contributed by atoms with Crippen molar-refractivity contribution in [2.45, 2.75) is 25.8 Å². The first-order valence-corrected chi connectivity index (χ1v) is 6.29. The van der Waals surface area contributed by atoms with Gasteiger partial charge in [0.15, 0.2) is 5.76 Å². The number of nitrogens with one attached hydrogen (secondary N) is 2. The van der Waals surface area contributed by atoms with Crippen molar-refractivity contribution in [1.29, 1.82) is 0 Å². The lowest BCUT2D eigenvalue weighted by Gasteiger charge is -2.16. The van der Waals surface area contributed by atoms with E-state index in [9.17, 15) is 9.59 Å². The Balaban J connectivity index is 1.78. The summed E-state index contributed by atoms with van der Waals surface area (Å²) in [5, 5.41) is 14.4. The highest BCUT2D eigenvalue weighted by Crippen LogP contribution is 2.44. The van der Waals surface area contributed by atoms with Crippen molar-refractivity contribution in [2.24, 2.45) is 5.41 Å². The summed E-state index contributed by atoms with van der Waals surface area (Å²) in [4.78, 5) is 23.5. The van der Waals surface area contributed by atoms with E-state index in [2.05, 4.69) is 10.6 Å². The molecule has 0 saturated heterocycles. The minimum atomic E-state index is -0.646. The quantitative estimate of drug-likeness (QED) is 0.690. The summed E-state index contributed by atoms with van der Waals surface area (Å²) in [6, 6.07) is 2.50. The predicted molar refractivity (Wildman–Crippen MR) is 67.4 cm³/mol. The van der Waals surface area contributed by atoms with Gasteiger partial charge >= 0.3 is 0 Å². The average molecular weight is 266 g/mol. The highest BCUT2D eigenvalue weighted by atomic mass is 16.3. The minimum Gasteiger partial charge on any atom is -0.459 e. The second-order valence-electron chi connectivity index (χ2n) is 5.05. The lowest BCUT2D eigenvalue weighted by Crippen LogP contribution is -2.46. The molecular weight excluding hydrogens is 248 g/mol. The number of aliphatic hydroxyl groups is 1. The van der Waals surface area contributed by atoms with Gasteiger partial charge in [0.25, 0.3) is 5.91 Å². The van der Waals surface area contributed by atoms with Crippen LogP contribution in [-0.4, -0.2) is 36.1 Å². The summed E-state index contributed by atoms with van der Waals surface area (Å²) in [5.74, 6) is -0.510. The Morgan fingerprint density at radius 1 is 1.53 bits per heavy atom. The SMILES string of the molecule is CC(NC(=O)c1ccco1)C(=O)NCC1(CO)CC1. The van der Waals surface area contributed by atoms with Crippen molar-refractivity contribution in [3.63, 3.8) is 0 Å². The van der Waals surface area contributed by atoms with Crippen LogP contribution in [0.25, 0.3) is 0 Å². The Bertz CT molecular complexity index is 451. The van der Waals surface area contributed by atoms with Crippen molar-refractivity contribution in [1.82, 2.24) is 10.6 Å². The molecule has 1 fully saturated rings. The zero-order chi connectivity index (χ0) is 13.9. The first-order valence-electron chi connectivity index (χ1n) is 6.29. The zero-order valence-corrected chi connectivity index (χ0v) is 10.8. The maximum Gasteiger partial charge on any atom is 0.287 e. The molecule has 104 valence electrons. The molecular formula is C13H18N2O4. The molecule has 6 nitrogen and oxygen atoms in total. The summed E-state index contributed by atoms with van der Waals surface area (Å²) in [6.07, 6.45) is 3.26. The van der Waals surface area contributed by atoms with Gasteiger partial charge in [-0.05, 0) is 31.9 Å². The number of carbonyl (C=O) groups is 2. The van der Waals surface area contributed by atoms with E-state index < -0.39 is 11.9 Å². The number of hydrogen-bond acceptors (Lipinski definition) is 4. The molecule has 2 rings (SSSR count). The normalized spacial score (nSPS) is 17.6. The summed E-state index contributed by atoms with van der Waals surface area (Å²) in [5.41, 5.74) is -0.138. The van der Waals surface area contributed by atoms with Crippen molar-refractivity contribution < 1.29 is 19.1 Å². The zero-order valence-electron chi connectivity index (χ0n) is 10.8. The van der Waals surface area contributed by atoms with Crippen molar-refractivity contribution >= 4 is 11.8 Å². The fourth-order valence-electron chi connectivity index (χ4n) is 1.74. The predicted octanol–water partition coefficient (Wildman–Crippen LogP) is 0.287. The molecule has 1 atom stereocenters. The molecule has 3 N–H and O–H groups in total. The molecule has 19 heavy (non-hydrogen) atoms. The molecule has 0 aromatic carbocycles. The Kier molecular flexibility index (Phi) is 3.90. The number of carbonyl (C=O) groups excluding carboxylic acids is 2. The first-order chi connectivity index (χ1) is 9.06. The lowest BCUT2D eigenvalue weighted by atomic mass is 10.1. The van der Waals surface area contributed by atoms with Gasteiger partial charge < -0.3 is 20.2 Å². The molecule has 1 heterocycles. The van der Waals surface area contributed by atoms with E-state index in [-0.39, 0.29) is 23.7 Å². The van der Waals surface area contributed by atoms with Gasteiger partial charge in [0.2, 0.25) is 5.91 Å². The molecule has 1 saturated carbocycles. The highest BCUT2D eigenvalue weighted by molar-refractivity contribution is 5.95. The maximum absolute atomic E-state index is 11.8. The average Bonchev–Trinajstić information content (AvgIpc) is 2.98. The van der Waals surface area contributed by atoms with E-state index >= 15 is 0 Å². The summed E-state index contributed by atoms with van der Waals surface area (Å²) in [6.45, 7) is 2.14. The van der Waals surface area contributed by atoms with Crippen LogP contribution in [0.1, 0.15) is 30.3 Å². The van der Waals surface area contributed by atoms with Gasteiger partial charge in [-0.25, -0.2) is 0 Å². The van der Waals surface area contributed by atoms with Crippen LogP contribution >= 0.6 is 0 Å². The number of furan rings is 1. The molecule has 0 aliphatic heterocycles. The van der Waals surface area contributed by atoms with Crippen LogP contribution in [0.15, 0.2) is 22.8 Å². The van der Waals surface area contributed by atoms with Gasteiger partial charge in [0, 0.05) is 12.0 Å². The van der Waals surface area contributed by atoms with E-state index in [0.29, 0.717) is 6.54 Å². The van der Waals surface area contributed by atoms with Gasteiger partial charge in [-0.3, -0.25) is 9.59 Å². The Morgan fingerprint density at radius 3 is 2.79 bits per heavy atom. The maximum atomic E-state index is 11.8. The first kappa shape index (κ1) is 13.6. The number of rotatable bonds is 6. The largest absolute Gasteiger partial charge is 0.459 e. The summed E-state index contributed by atoms with van der Waals surface area (Å²) < 4.78 is 4.94. The van der Waals surface area contributed by atoms with Gasteiger partial charge in [0.1, 0.15) is 6.04 Å². The summed E-state index contributed by atoms with van der Waals surface area (Å²) in [7, 11) is 0.